The highest BCUT2D eigenvalue weighted by Gasteiger charge is 2.30. The molecule has 2 rings (SSSR count). The van der Waals surface area contributed by atoms with Gasteiger partial charge in [-0.3, -0.25) is 9.59 Å². The van der Waals surface area contributed by atoms with Gasteiger partial charge in [-0.25, -0.2) is 4.39 Å². The Morgan fingerprint density at radius 3 is 2.55 bits per heavy atom. The molecule has 0 atom stereocenters. The Labute approximate surface area is 125 Å². The van der Waals surface area contributed by atoms with Gasteiger partial charge in [0.25, 0.3) is 5.91 Å². The second-order valence-corrected chi connectivity index (χ2v) is 5.54. The third-order valence-corrected chi connectivity index (χ3v) is 4.15. The number of rotatable bonds is 2. The average Bonchev–Trinajstić information content (AvgIpc) is 2.46. The smallest absolute Gasteiger partial charge is 0.308 e. The minimum atomic E-state index is -0.542. The van der Waals surface area contributed by atoms with E-state index in [0.717, 1.165) is 0 Å². The van der Waals surface area contributed by atoms with E-state index in [4.69, 9.17) is 4.74 Å². The molecular formula is C14H15BrFNO3. The Hall–Kier alpha value is -1.43. The molecule has 1 fully saturated rings. The van der Waals surface area contributed by atoms with Crippen LogP contribution < -0.4 is 0 Å². The molecule has 1 aliphatic rings. The maximum absolute atomic E-state index is 13.8. The van der Waals surface area contributed by atoms with E-state index in [-0.39, 0.29) is 23.4 Å². The second-order valence-electron chi connectivity index (χ2n) is 4.69. The third kappa shape index (κ3) is 3.00. The molecule has 0 saturated carbocycles. The normalized spacial score (nSPS) is 16.1. The fraction of sp³-hybridized carbons (Fsp3) is 0.429. The summed E-state index contributed by atoms with van der Waals surface area (Å²) in [6, 6.07) is 4.44. The molecule has 1 saturated heterocycles. The van der Waals surface area contributed by atoms with Gasteiger partial charge in [0.2, 0.25) is 0 Å². The zero-order chi connectivity index (χ0) is 14.7. The fourth-order valence-corrected chi connectivity index (χ4v) is 2.86. The van der Waals surface area contributed by atoms with Crippen molar-refractivity contribution in [2.75, 3.05) is 20.2 Å². The first-order valence-electron chi connectivity index (χ1n) is 6.35. The molecule has 1 aromatic carbocycles. The highest BCUT2D eigenvalue weighted by atomic mass is 79.9. The van der Waals surface area contributed by atoms with Crippen LogP contribution in [-0.4, -0.2) is 37.0 Å². The Bertz CT molecular complexity index is 507. The molecular weight excluding hydrogens is 329 g/mol. The van der Waals surface area contributed by atoms with Crippen LogP contribution in [-0.2, 0) is 9.53 Å². The van der Waals surface area contributed by atoms with Gasteiger partial charge < -0.3 is 9.64 Å². The lowest BCUT2D eigenvalue weighted by atomic mass is 9.96. The summed E-state index contributed by atoms with van der Waals surface area (Å²) in [6.45, 7) is 0.860. The minimum absolute atomic E-state index is 0.0454. The standard InChI is InChI=1S/C14H15BrFNO3/c1-20-14(19)9-5-7-17(8-6-9)13(18)12-10(15)3-2-4-11(12)16/h2-4,9H,5-8H2,1H3. The van der Waals surface area contributed by atoms with Crippen LogP contribution >= 0.6 is 15.9 Å². The number of methoxy groups -OCH3 is 1. The van der Waals surface area contributed by atoms with Crippen LogP contribution in [0.4, 0.5) is 4.39 Å². The molecule has 1 aliphatic heterocycles. The van der Waals surface area contributed by atoms with E-state index in [2.05, 4.69) is 15.9 Å². The monoisotopic (exact) mass is 343 g/mol. The van der Waals surface area contributed by atoms with Crippen molar-refractivity contribution in [2.45, 2.75) is 12.8 Å². The Balaban J connectivity index is 2.07. The number of piperidine rings is 1. The largest absolute Gasteiger partial charge is 0.469 e. The molecule has 0 bridgehead atoms. The van der Waals surface area contributed by atoms with E-state index in [1.54, 1.807) is 17.0 Å². The summed E-state index contributed by atoms with van der Waals surface area (Å²) in [5.74, 6) is -1.31. The number of halogens is 2. The number of nitrogens with zero attached hydrogens (tertiary/aromatic N) is 1. The molecule has 1 heterocycles. The molecule has 0 aromatic heterocycles. The van der Waals surface area contributed by atoms with Crippen molar-refractivity contribution >= 4 is 27.8 Å². The molecule has 0 N–H and O–H groups in total. The summed E-state index contributed by atoms with van der Waals surface area (Å²) in [7, 11) is 1.36. The summed E-state index contributed by atoms with van der Waals surface area (Å²) < 4.78 is 18.9. The zero-order valence-electron chi connectivity index (χ0n) is 11.1. The predicted molar refractivity (Wildman–Crippen MR) is 74.7 cm³/mol. The van der Waals surface area contributed by atoms with Crippen LogP contribution in [0, 0.1) is 11.7 Å². The number of benzene rings is 1. The molecule has 0 unspecified atom stereocenters. The van der Waals surface area contributed by atoms with Crippen molar-refractivity contribution in [3.8, 4) is 0 Å². The van der Waals surface area contributed by atoms with Crippen LogP contribution in [0.2, 0.25) is 0 Å². The fourth-order valence-electron chi connectivity index (χ4n) is 2.35. The second kappa shape index (κ2) is 6.35. The summed E-state index contributed by atoms with van der Waals surface area (Å²) in [5, 5.41) is 0. The topological polar surface area (TPSA) is 46.6 Å². The van der Waals surface area contributed by atoms with Crippen LogP contribution in [0.3, 0.4) is 0 Å². The minimum Gasteiger partial charge on any atom is -0.469 e. The Morgan fingerprint density at radius 2 is 2.00 bits per heavy atom. The van der Waals surface area contributed by atoms with E-state index in [9.17, 15) is 14.0 Å². The van der Waals surface area contributed by atoms with Gasteiger partial charge in [0.1, 0.15) is 5.82 Å². The lowest BCUT2D eigenvalue weighted by Gasteiger charge is -2.31. The lowest BCUT2D eigenvalue weighted by molar-refractivity contribution is -0.146. The van der Waals surface area contributed by atoms with Crippen LogP contribution in [0.1, 0.15) is 23.2 Å². The molecule has 6 heteroatoms. The predicted octanol–water partition coefficient (Wildman–Crippen LogP) is 2.61. The summed E-state index contributed by atoms with van der Waals surface area (Å²) >= 11 is 3.20. The van der Waals surface area contributed by atoms with E-state index in [1.807, 2.05) is 0 Å². The molecule has 0 radical (unpaired) electrons. The van der Waals surface area contributed by atoms with Crippen molar-refractivity contribution in [2.24, 2.45) is 5.92 Å². The van der Waals surface area contributed by atoms with Gasteiger partial charge in [-0.1, -0.05) is 6.07 Å². The van der Waals surface area contributed by atoms with Crippen molar-refractivity contribution in [3.63, 3.8) is 0 Å². The van der Waals surface area contributed by atoms with Crippen molar-refractivity contribution in [3.05, 3.63) is 34.1 Å². The van der Waals surface area contributed by atoms with Gasteiger partial charge in [-0.15, -0.1) is 0 Å². The van der Waals surface area contributed by atoms with E-state index < -0.39 is 5.82 Å². The Morgan fingerprint density at radius 1 is 1.35 bits per heavy atom. The van der Waals surface area contributed by atoms with E-state index in [1.165, 1.54) is 13.2 Å². The molecule has 4 nitrogen and oxygen atoms in total. The van der Waals surface area contributed by atoms with Gasteiger partial charge in [0.15, 0.2) is 0 Å². The van der Waals surface area contributed by atoms with Gasteiger partial charge in [-0.05, 0) is 40.9 Å². The van der Waals surface area contributed by atoms with Crippen LogP contribution in [0.15, 0.2) is 22.7 Å². The number of hydrogen-bond donors (Lipinski definition) is 0. The molecule has 1 amide bonds. The molecule has 108 valence electrons. The third-order valence-electron chi connectivity index (χ3n) is 3.49. The maximum atomic E-state index is 13.8. The number of amides is 1. The maximum Gasteiger partial charge on any atom is 0.308 e. The van der Waals surface area contributed by atoms with Crippen LogP contribution in [0.5, 0.6) is 0 Å². The number of hydrogen-bond acceptors (Lipinski definition) is 3. The molecule has 20 heavy (non-hydrogen) atoms. The summed E-state index contributed by atoms with van der Waals surface area (Å²) in [4.78, 5) is 25.3. The quantitative estimate of drug-likeness (QED) is 0.775. The van der Waals surface area contributed by atoms with Gasteiger partial charge in [0, 0.05) is 17.6 Å². The number of ether oxygens (including phenoxy) is 1. The van der Waals surface area contributed by atoms with Crippen molar-refractivity contribution in [1.29, 1.82) is 0 Å². The number of carbonyl (C=O) groups is 2. The zero-order valence-corrected chi connectivity index (χ0v) is 12.7. The SMILES string of the molecule is COC(=O)C1CCN(C(=O)c2c(F)cccc2Br)CC1. The Kier molecular flexibility index (Phi) is 4.75. The first-order chi connectivity index (χ1) is 9.54. The first-order valence-corrected chi connectivity index (χ1v) is 7.15. The molecule has 0 spiro atoms. The van der Waals surface area contributed by atoms with Crippen molar-refractivity contribution in [1.82, 2.24) is 4.90 Å². The number of likely N-dealkylation sites (tertiary alicyclic amines) is 1. The lowest BCUT2D eigenvalue weighted by Crippen LogP contribution is -2.41. The van der Waals surface area contributed by atoms with Gasteiger partial charge in [0.05, 0.1) is 18.6 Å². The highest BCUT2D eigenvalue weighted by Crippen LogP contribution is 2.25. The summed E-state index contributed by atoms with van der Waals surface area (Å²) in [6.07, 6.45) is 1.09. The number of carbonyl (C=O) groups excluding carboxylic acids is 2. The van der Waals surface area contributed by atoms with Crippen molar-refractivity contribution < 1.29 is 18.7 Å². The van der Waals surface area contributed by atoms with Gasteiger partial charge >= 0.3 is 5.97 Å². The van der Waals surface area contributed by atoms with Crippen LogP contribution in [0.25, 0.3) is 0 Å². The van der Waals surface area contributed by atoms with Gasteiger partial charge in [-0.2, -0.15) is 0 Å². The first kappa shape index (κ1) is 15.0. The average molecular weight is 344 g/mol. The van der Waals surface area contributed by atoms with E-state index in [0.29, 0.717) is 30.4 Å². The summed E-state index contributed by atoms with van der Waals surface area (Å²) in [5.41, 5.74) is 0.0454. The van der Waals surface area contributed by atoms with E-state index >= 15 is 0 Å². The number of esters is 1. The highest BCUT2D eigenvalue weighted by molar-refractivity contribution is 9.10. The molecule has 0 aliphatic carbocycles. The molecule has 1 aromatic rings.